The zero-order chi connectivity index (χ0) is 18.0. The highest BCUT2D eigenvalue weighted by atomic mass is 16.7. The van der Waals surface area contributed by atoms with E-state index in [9.17, 15) is 5.11 Å². The summed E-state index contributed by atoms with van der Waals surface area (Å²) >= 11 is 0. The number of piperidine rings is 1. The summed E-state index contributed by atoms with van der Waals surface area (Å²) in [6, 6.07) is 6.91. The van der Waals surface area contributed by atoms with Crippen LogP contribution in [0.15, 0.2) is 18.2 Å². The number of benzene rings is 1. The highest BCUT2D eigenvalue weighted by molar-refractivity contribution is 5.57. The fraction of sp³-hybridized carbons (Fsp3) is 0.714. The minimum absolute atomic E-state index is 0.0481. The molecule has 5 heterocycles. The van der Waals surface area contributed by atoms with Gasteiger partial charge in [-0.2, -0.15) is 0 Å². The summed E-state index contributed by atoms with van der Waals surface area (Å²) in [7, 11) is 0. The summed E-state index contributed by atoms with van der Waals surface area (Å²) in [6.45, 7) is 4.94. The Morgan fingerprint density at radius 2 is 1.96 bits per heavy atom. The van der Waals surface area contributed by atoms with Crippen LogP contribution in [-0.2, 0) is 4.74 Å². The van der Waals surface area contributed by atoms with E-state index in [-0.39, 0.29) is 12.2 Å². The van der Waals surface area contributed by atoms with Crippen LogP contribution in [-0.4, -0.2) is 67.3 Å². The van der Waals surface area contributed by atoms with Crippen LogP contribution < -0.4 is 14.4 Å². The molecular weight excluding hydrogens is 344 g/mol. The molecule has 6 nitrogen and oxygen atoms in total. The molecule has 6 heteroatoms. The lowest BCUT2D eigenvalue weighted by atomic mass is 9.74. The van der Waals surface area contributed by atoms with Gasteiger partial charge in [0.2, 0.25) is 6.79 Å². The highest BCUT2D eigenvalue weighted by Crippen LogP contribution is 2.55. The van der Waals surface area contributed by atoms with Crippen LogP contribution in [0.2, 0.25) is 0 Å². The van der Waals surface area contributed by atoms with Crippen molar-refractivity contribution in [2.75, 3.05) is 44.5 Å². The van der Waals surface area contributed by atoms with Gasteiger partial charge in [0.25, 0.3) is 0 Å². The number of aliphatic hydroxyl groups excluding tert-OH is 1. The predicted octanol–water partition coefficient (Wildman–Crippen LogP) is 1.86. The summed E-state index contributed by atoms with van der Waals surface area (Å²) in [5.41, 5.74) is 1.28. The third kappa shape index (κ3) is 2.43. The van der Waals surface area contributed by atoms with Gasteiger partial charge in [0.15, 0.2) is 11.5 Å². The van der Waals surface area contributed by atoms with Crippen LogP contribution in [0.1, 0.15) is 25.7 Å². The van der Waals surface area contributed by atoms with Gasteiger partial charge in [-0.1, -0.05) is 0 Å². The number of likely N-dealkylation sites (tertiary alicyclic amines) is 1. The normalized spacial score (nSPS) is 38.0. The maximum absolute atomic E-state index is 9.83. The minimum Gasteiger partial charge on any atom is -0.454 e. The van der Waals surface area contributed by atoms with Gasteiger partial charge in [0, 0.05) is 62.4 Å². The summed E-state index contributed by atoms with van der Waals surface area (Å²) in [6.07, 6.45) is 5.01. The molecule has 4 saturated heterocycles. The van der Waals surface area contributed by atoms with Crippen LogP contribution in [0.5, 0.6) is 11.5 Å². The van der Waals surface area contributed by atoms with Gasteiger partial charge < -0.3 is 24.2 Å². The number of hydrogen-bond acceptors (Lipinski definition) is 6. The molecule has 0 saturated carbocycles. The maximum Gasteiger partial charge on any atom is 0.231 e. The number of ether oxygens (including phenoxy) is 3. The lowest BCUT2D eigenvalue weighted by molar-refractivity contribution is -0.00407. The summed E-state index contributed by atoms with van der Waals surface area (Å²) in [4.78, 5) is 5.14. The van der Waals surface area contributed by atoms with Crippen LogP contribution in [0, 0.1) is 11.8 Å². The second-order valence-electron chi connectivity index (χ2n) is 8.90. The zero-order valence-corrected chi connectivity index (χ0v) is 15.7. The molecule has 1 N–H and O–H groups in total. The second kappa shape index (κ2) is 6.00. The van der Waals surface area contributed by atoms with Crippen molar-refractivity contribution in [3.8, 4) is 11.5 Å². The minimum atomic E-state index is 0.0481. The van der Waals surface area contributed by atoms with Crippen molar-refractivity contribution in [3.05, 3.63) is 18.2 Å². The molecule has 0 aliphatic carbocycles. The van der Waals surface area contributed by atoms with Crippen molar-refractivity contribution in [1.82, 2.24) is 4.90 Å². The Labute approximate surface area is 160 Å². The average Bonchev–Trinajstić information content (AvgIpc) is 3.46. The molecule has 6 rings (SSSR count). The largest absolute Gasteiger partial charge is 0.454 e. The van der Waals surface area contributed by atoms with Crippen molar-refractivity contribution < 1.29 is 19.3 Å². The fourth-order valence-corrected chi connectivity index (χ4v) is 6.32. The van der Waals surface area contributed by atoms with E-state index >= 15 is 0 Å². The molecule has 4 fully saturated rings. The number of fused-ring (bicyclic) bond motifs is 2. The zero-order valence-electron chi connectivity index (χ0n) is 15.7. The van der Waals surface area contributed by atoms with Crippen molar-refractivity contribution in [3.63, 3.8) is 0 Å². The van der Waals surface area contributed by atoms with Crippen LogP contribution >= 0.6 is 0 Å². The SMILES string of the molecule is OC[C@H]1[C@@H]2CC[C@@]3(CN(C4CCN(c5ccc6c(c5)OCO6)CC4)C[C@@H]13)O2. The fourth-order valence-electron chi connectivity index (χ4n) is 6.32. The molecule has 4 atom stereocenters. The van der Waals surface area contributed by atoms with E-state index in [0.717, 1.165) is 44.1 Å². The molecule has 0 aromatic heterocycles. The molecule has 0 unspecified atom stereocenters. The molecule has 1 aromatic carbocycles. The lowest BCUT2D eigenvalue weighted by Crippen LogP contribution is -2.45. The Morgan fingerprint density at radius 3 is 2.81 bits per heavy atom. The summed E-state index contributed by atoms with van der Waals surface area (Å²) in [5, 5.41) is 9.83. The molecule has 0 amide bonds. The Balaban J connectivity index is 1.11. The quantitative estimate of drug-likeness (QED) is 0.874. The van der Waals surface area contributed by atoms with Gasteiger partial charge in [0.1, 0.15) is 0 Å². The van der Waals surface area contributed by atoms with E-state index in [1.54, 1.807) is 0 Å². The van der Waals surface area contributed by atoms with Gasteiger partial charge in [-0.15, -0.1) is 0 Å². The number of anilines is 1. The Morgan fingerprint density at radius 1 is 1.11 bits per heavy atom. The first-order chi connectivity index (χ1) is 13.3. The molecule has 1 spiro atoms. The molecule has 0 radical (unpaired) electrons. The highest BCUT2D eigenvalue weighted by Gasteiger charge is 2.63. The second-order valence-corrected chi connectivity index (χ2v) is 8.90. The Hall–Kier alpha value is -1.50. The number of rotatable bonds is 3. The molecule has 5 aliphatic heterocycles. The number of nitrogens with zero attached hydrogens (tertiary/aromatic N) is 2. The third-order valence-electron chi connectivity index (χ3n) is 7.72. The van der Waals surface area contributed by atoms with Crippen LogP contribution in [0.3, 0.4) is 0 Å². The monoisotopic (exact) mass is 372 g/mol. The van der Waals surface area contributed by atoms with E-state index in [1.165, 1.54) is 24.9 Å². The Bertz CT molecular complexity index is 735. The molecule has 2 bridgehead atoms. The maximum atomic E-state index is 9.83. The molecule has 5 aliphatic rings. The van der Waals surface area contributed by atoms with Crippen molar-refractivity contribution >= 4 is 5.69 Å². The predicted molar refractivity (Wildman–Crippen MR) is 100 cm³/mol. The Kier molecular flexibility index (Phi) is 3.65. The van der Waals surface area contributed by atoms with Crippen molar-refractivity contribution in [2.24, 2.45) is 11.8 Å². The molecule has 1 aromatic rings. The molecular formula is C21H28N2O4. The standard InChI is InChI=1S/C21H28N2O4/c24-11-16-17-10-23(12-21(17)6-3-18(16)27-21)14-4-7-22(8-5-14)15-1-2-19-20(9-15)26-13-25-19/h1-2,9,14,16-18,24H,3-8,10-13H2/t16-,17+,18+,21+/m1/s1. The van der Waals surface area contributed by atoms with Gasteiger partial charge in [0.05, 0.1) is 11.7 Å². The number of hydrogen-bond donors (Lipinski definition) is 1. The summed E-state index contributed by atoms with van der Waals surface area (Å²) in [5.74, 6) is 2.61. The van der Waals surface area contributed by atoms with Crippen LogP contribution in [0.4, 0.5) is 5.69 Å². The van der Waals surface area contributed by atoms with Gasteiger partial charge in [-0.05, 0) is 37.8 Å². The average molecular weight is 372 g/mol. The van der Waals surface area contributed by atoms with Crippen LogP contribution in [0.25, 0.3) is 0 Å². The van der Waals surface area contributed by atoms with E-state index in [0.29, 0.717) is 30.8 Å². The van der Waals surface area contributed by atoms with Crippen molar-refractivity contribution in [1.29, 1.82) is 0 Å². The third-order valence-corrected chi connectivity index (χ3v) is 7.72. The van der Waals surface area contributed by atoms with Crippen molar-refractivity contribution in [2.45, 2.75) is 43.4 Å². The van der Waals surface area contributed by atoms with Gasteiger partial charge in [-0.3, -0.25) is 4.90 Å². The molecule has 27 heavy (non-hydrogen) atoms. The van der Waals surface area contributed by atoms with E-state index in [2.05, 4.69) is 21.9 Å². The lowest BCUT2D eigenvalue weighted by Gasteiger charge is -2.38. The van der Waals surface area contributed by atoms with Gasteiger partial charge >= 0.3 is 0 Å². The van der Waals surface area contributed by atoms with E-state index in [1.807, 2.05) is 6.07 Å². The molecule has 146 valence electrons. The first-order valence-corrected chi connectivity index (χ1v) is 10.4. The first-order valence-electron chi connectivity index (χ1n) is 10.4. The van der Waals surface area contributed by atoms with E-state index in [4.69, 9.17) is 14.2 Å². The smallest absolute Gasteiger partial charge is 0.231 e. The topological polar surface area (TPSA) is 54.4 Å². The van der Waals surface area contributed by atoms with Gasteiger partial charge in [-0.25, -0.2) is 0 Å². The number of aliphatic hydroxyl groups is 1. The van der Waals surface area contributed by atoms with E-state index < -0.39 is 0 Å². The summed E-state index contributed by atoms with van der Waals surface area (Å²) < 4.78 is 17.4. The first kappa shape index (κ1) is 16.5.